The maximum Gasteiger partial charge on any atom is 0.196 e. The van der Waals surface area contributed by atoms with E-state index in [1.807, 2.05) is 19.0 Å². The molecule has 4 nitrogen and oxygen atoms in total. The highest BCUT2D eigenvalue weighted by Crippen LogP contribution is 2.27. The highest BCUT2D eigenvalue weighted by atomic mass is 16.6. The summed E-state index contributed by atoms with van der Waals surface area (Å²) in [7, 11) is 3.85. The van der Waals surface area contributed by atoms with Crippen molar-refractivity contribution in [1.29, 1.82) is 0 Å². The molecule has 0 fully saturated rings. The quantitative estimate of drug-likeness (QED) is 0.637. The van der Waals surface area contributed by atoms with Gasteiger partial charge in [0, 0.05) is 19.5 Å². The zero-order valence-corrected chi connectivity index (χ0v) is 8.25. The molecule has 0 saturated carbocycles. The first-order valence-electron chi connectivity index (χ1n) is 3.93. The Labute approximate surface area is 72.5 Å². The first-order valence-corrected chi connectivity index (χ1v) is 3.93. The average molecular weight is 169 g/mol. The third-order valence-electron chi connectivity index (χ3n) is 1.61. The van der Waals surface area contributed by atoms with Crippen molar-refractivity contribution in [2.24, 2.45) is 0 Å². The Kier molecular flexibility index (Phi) is 2.08. The van der Waals surface area contributed by atoms with Gasteiger partial charge < -0.3 is 4.90 Å². The molecule has 0 aliphatic carbocycles. The van der Waals surface area contributed by atoms with E-state index in [1.165, 1.54) is 0 Å². The SMILES string of the molecule is CN(C)c1nonc1C(C)(C)C. The Bertz CT molecular complexity index is 260. The van der Waals surface area contributed by atoms with E-state index in [4.69, 9.17) is 4.63 Å². The van der Waals surface area contributed by atoms with E-state index in [0.29, 0.717) is 0 Å². The number of anilines is 1. The first-order chi connectivity index (χ1) is 5.43. The normalized spacial score (nSPS) is 11.8. The van der Waals surface area contributed by atoms with Crippen LogP contribution in [0.25, 0.3) is 0 Å². The number of aromatic nitrogens is 2. The number of hydrogen-bond donors (Lipinski definition) is 0. The first kappa shape index (κ1) is 9.03. The van der Waals surface area contributed by atoms with Gasteiger partial charge in [-0.15, -0.1) is 0 Å². The van der Waals surface area contributed by atoms with Gasteiger partial charge >= 0.3 is 0 Å². The van der Waals surface area contributed by atoms with E-state index in [2.05, 4.69) is 31.1 Å². The molecular formula is C8H15N3O. The molecule has 0 aromatic carbocycles. The molecule has 0 N–H and O–H groups in total. The van der Waals surface area contributed by atoms with E-state index in [-0.39, 0.29) is 5.41 Å². The maximum absolute atomic E-state index is 4.69. The van der Waals surface area contributed by atoms with Crippen molar-refractivity contribution in [3.8, 4) is 0 Å². The Balaban J connectivity index is 3.08. The summed E-state index contributed by atoms with van der Waals surface area (Å²) in [5.41, 5.74) is 0.882. The summed E-state index contributed by atoms with van der Waals surface area (Å²) in [5.74, 6) is 0.808. The molecule has 0 amide bonds. The van der Waals surface area contributed by atoms with E-state index >= 15 is 0 Å². The molecule has 1 rings (SSSR count). The lowest BCUT2D eigenvalue weighted by Crippen LogP contribution is -2.19. The zero-order chi connectivity index (χ0) is 9.35. The topological polar surface area (TPSA) is 42.2 Å². The third-order valence-corrected chi connectivity index (χ3v) is 1.61. The van der Waals surface area contributed by atoms with Gasteiger partial charge in [0.05, 0.1) is 0 Å². The smallest absolute Gasteiger partial charge is 0.196 e. The standard InChI is InChI=1S/C8H15N3O/c1-8(2,3)6-7(11(4)5)10-12-9-6/h1-5H3. The Morgan fingerprint density at radius 1 is 1.17 bits per heavy atom. The molecule has 0 spiro atoms. The van der Waals surface area contributed by atoms with Crippen molar-refractivity contribution in [2.45, 2.75) is 26.2 Å². The lowest BCUT2D eigenvalue weighted by molar-refractivity contribution is 0.297. The molecule has 4 heteroatoms. The molecule has 68 valence electrons. The molecule has 12 heavy (non-hydrogen) atoms. The van der Waals surface area contributed by atoms with Crippen molar-refractivity contribution >= 4 is 5.82 Å². The molecule has 0 saturated heterocycles. The minimum absolute atomic E-state index is 0.0143. The van der Waals surface area contributed by atoms with Crippen LogP contribution in [0.1, 0.15) is 26.5 Å². The van der Waals surface area contributed by atoms with Crippen molar-refractivity contribution in [3.63, 3.8) is 0 Å². The lowest BCUT2D eigenvalue weighted by Gasteiger charge is -2.17. The van der Waals surface area contributed by atoms with Gasteiger partial charge in [0.15, 0.2) is 5.82 Å². The fraction of sp³-hybridized carbons (Fsp3) is 0.750. The summed E-state index contributed by atoms with van der Waals surface area (Å²) in [5, 5.41) is 7.70. The molecule has 1 aromatic heterocycles. The van der Waals surface area contributed by atoms with Crippen molar-refractivity contribution in [2.75, 3.05) is 19.0 Å². The molecule has 0 aliphatic rings. The minimum atomic E-state index is -0.0143. The lowest BCUT2D eigenvalue weighted by atomic mass is 9.92. The van der Waals surface area contributed by atoms with Gasteiger partial charge in [0.1, 0.15) is 5.69 Å². The summed E-state index contributed by atoms with van der Waals surface area (Å²) in [6.45, 7) is 6.25. The van der Waals surface area contributed by atoms with Gasteiger partial charge in [-0.25, -0.2) is 4.63 Å². The van der Waals surface area contributed by atoms with Crippen LogP contribution >= 0.6 is 0 Å². The third kappa shape index (κ3) is 1.57. The van der Waals surface area contributed by atoms with Crippen LogP contribution in [0.2, 0.25) is 0 Å². The molecule has 0 bridgehead atoms. The Morgan fingerprint density at radius 3 is 2.08 bits per heavy atom. The van der Waals surface area contributed by atoms with Gasteiger partial charge in [0.2, 0.25) is 0 Å². The predicted molar refractivity (Wildman–Crippen MR) is 47.3 cm³/mol. The van der Waals surface area contributed by atoms with Crippen molar-refractivity contribution in [1.82, 2.24) is 10.3 Å². The van der Waals surface area contributed by atoms with E-state index < -0.39 is 0 Å². The minimum Gasteiger partial charge on any atom is -0.358 e. The summed E-state index contributed by atoms with van der Waals surface area (Å²) in [4.78, 5) is 1.90. The van der Waals surface area contributed by atoms with Crippen LogP contribution < -0.4 is 4.90 Å². The molecule has 1 heterocycles. The molecule has 1 aromatic rings. The van der Waals surface area contributed by atoms with Crippen LogP contribution in [0.5, 0.6) is 0 Å². The summed E-state index contributed by atoms with van der Waals surface area (Å²) in [6.07, 6.45) is 0. The van der Waals surface area contributed by atoms with Crippen LogP contribution in [-0.2, 0) is 5.41 Å². The largest absolute Gasteiger partial charge is 0.358 e. The highest BCUT2D eigenvalue weighted by molar-refractivity contribution is 5.43. The van der Waals surface area contributed by atoms with E-state index in [1.54, 1.807) is 0 Å². The van der Waals surface area contributed by atoms with Crippen LogP contribution in [0.4, 0.5) is 5.82 Å². The average Bonchev–Trinajstić information content (AvgIpc) is 2.30. The zero-order valence-electron chi connectivity index (χ0n) is 8.25. The monoisotopic (exact) mass is 169 g/mol. The van der Waals surface area contributed by atoms with Crippen LogP contribution in [0.15, 0.2) is 4.63 Å². The molecule has 0 radical (unpaired) electrons. The number of rotatable bonds is 1. The van der Waals surface area contributed by atoms with Gasteiger partial charge in [-0.3, -0.25) is 0 Å². The molecule has 0 aliphatic heterocycles. The Hall–Kier alpha value is -1.06. The van der Waals surface area contributed by atoms with Gasteiger partial charge in [-0.1, -0.05) is 25.9 Å². The molecule has 0 atom stereocenters. The fourth-order valence-electron chi connectivity index (χ4n) is 0.950. The molecule has 0 unspecified atom stereocenters. The van der Waals surface area contributed by atoms with E-state index in [0.717, 1.165) is 11.5 Å². The Morgan fingerprint density at radius 2 is 1.75 bits per heavy atom. The second-order valence-electron chi connectivity index (χ2n) is 4.08. The van der Waals surface area contributed by atoms with Gasteiger partial charge in [-0.2, -0.15) is 0 Å². The predicted octanol–water partition coefficient (Wildman–Crippen LogP) is 1.43. The summed E-state index contributed by atoms with van der Waals surface area (Å²) < 4.78 is 4.69. The fourth-order valence-corrected chi connectivity index (χ4v) is 0.950. The van der Waals surface area contributed by atoms with Crippen LogP contribution in [0, 0.1) is 0 Å². The van der Waals surface area contributed by atoms with Crippen LogP contribution in [-0.4, -0.2) is 24.4 Å². The van der Waals surface area contributed by atoms with Crippen molar-refractivity contribution in [3.05, 3.63) is 5.69 Å². The number of nitrogens with zero attached hydrogens (tertiary/aromatic N) is 3. The van der Waals surface area contributed by atoms with Crippen LogP contribution in [0.3, 0.4) is 0 Å². The van der Waals surface area contributed by atoms with Crippen molar-refractivity contribution < 1.29 is 4.63 Å². The highest BCUT2D eigenvalue weighted by Gasteiger charge is 2.24. The van der Waals surface area contributed by atoms with Gasteiger partial charge in [0.25, 0.3) is 0 Å². The maximum atomic E-state index is 4.69. The van der Waals surface area contributed by atoms with E-state index in [9.17, 15) is 0 Å². The van der Waals surface area contributed by atoms with Gasteiger partial charge in [-0.05, 0) is 5.16 Å². The summed E-state index contributed by atoms with van der Waals surface area (Å²) >= 11 is 0. The summed E-state index contributed by atoms with van der Waals surface area (Å²) in [6, 6.07) is 0. The molecular weight excluding hydrogens is 154 g/mol. The second-order valence-corrected chi connectivity index (χ2v) is 4.08. The number of hydrogen-bond acceptors (Lipinski definition) is 4. The second kappa shape index (κ2) is 2.77.